The first-order valence-electron chi connectivity index (χ1n) is 4.78. The number of aliphatic hydroxyl groups is 1. The van der Waals surface area contributed by atoms with Crippen LogP contribution in [-0.4, -0.2) is 27.0 Å². The summed E-state index contributed by atoms with van der Waals surface area (Å²) in [5, 5.41) is 16.1. The highest BCUT2D eigenvalue weighted by Crippen LogP contribution is 2.27. The molecule has 0 fully saturated rings. The Morgan fingerprint density at radius 2 is 2.35 bits per heavy atom. The molecule has 7 heteroatoms. The number of aromatic amines is 1. The summed E-state index contributed by atoms with van der Waals surface area (Å²) in [6.45, 7) is -0.212. The predicted octanol–water partition coefficient (Wildman–Crippen LogP) is 2.08. The summed E-state index contributed by atoms with van der Waals surface area (Å²) < 4.78 is 7.07. The number of hydrogen-bond acceptors (Lipinski definition) is 4. The van der Waals surface area contributed by atoms with Crippen molar-refractivity contribution in [2.24, 2.45) is 0 Å². The first kappa shape index (κ1) is 12.1. The number of ether oxygens (including phenoxy) is 1. The van der Waals surface area contributed by atoms with Gasteiger partial charge in [-0.1, -0.05) is 11.6 Å². The normalized spacial score (nSPS) is 10.5. The van der Waals surface area contributed by atoms with Crippen molar-refractivity contribution in [1.82, 2.24) is 14.8 Å². The standard InChI is InChI=1S/C10H10ClN3O2S/c1-16-8-3-2-6(4-7(8)11)14-9(5-15)12-13-10(14)17/h2-4,15H,5H2,1H3,(H,13,17). The van der Waals surface area contributed by atoms with Gasteiger partial charge >= 0.3 is 0 Å². The highest BCUT2D eigenvalue weighted by atomic mass is 35.5. The van der Waals surface area contributed by atoms with Crippen molar-refractivity contribution in [3.05, 3.63) is 33.8 Å². The van der Waals surface area contributed by atoms with E-state index in [0.717, 1.165) is 5.69 Å². The lowest BCUT2D eigenvalue weighted by atomic mass is 10.3. The molecule has 0 unspecified atom stereocenters. The summed E-state index contributed by atoms with van der Waals surface area (Å²) in [7, 11) is 1.55. The minimum absolute atomic E-state index is 0.212. The fraction of sp³-hybridized carbons (Fsp3) is 0.200. The Kier molecular flexibility index (Phi) is 3.46. The number of aliphatic hydroxyl groups excluding tert-OH is 1. The van der Waals surface area contributed by atoms with E-state index in [1.165, 1.54) is 0 Å². The van der Waals surface area contributed by atoms with Gasteiger partial charge in [0.15, 0.2) is 10.6 Å². The van der Waals surface area contributed by atoms with E-state index in [1.807, 2.05) is 0 Å². The van der Waals surface area contributed by atoms with E-state index in [4.69, 9.17) is 33.7 Å². The minimum Gasteiger partial charge on any atom is -0.495 e. The van der Waals surface area contributed by atoms with Crippen molar-refractivity contribution in [3.63, 3.8) is 0 Å². The summed E-state index contributed by atoms with van der Waals surface area (Å²) in [5.74, 6) is 1.01. The molecule has 0 aliphatic carbocycles. The second-order valence-electron chi connectivity index (χ2n) is 3.26. The third-order valence-electron chi connectivity index (χ3n) is 2.28. The molecule has 0 aliphatic heterocycles. The Labute approximate surface area is 108 Å². The van der Waals surface area contributed by atoms with Gasteiger partial charge in [-0.15, -0.1) is 0 Å². The quantitative estimate of drug-likeness (QED) is 0.839. The van der Waals surface area contributed by atoms with Crippen LogP contribution in [0.15, 0.2) is 18.2 Å². The van der Waals surface area contributed by atoms with Gasteiger partial charge in [0.25, 0.3) is 0 Å². The molecule has 1 heterocycles. The average Bonchev–Trinajstić information content (AvgIpc) is 2.70. The maximum atomic E-state index is 9.16. The van der Waals surface area contributed by atoms with E-state index in [-0.39, 0.29) is 6.61 Å². The van der Waals surface area contributed by atoms with Gasteiger partial charge in [0.1, 0.15) is 12.4 Å². The van der Waals surface area contributed by atoms with Crippen molar-refractivity contribution in [1.29, 1.82) is 0 Å². The molecule has 0 bridgehead atoms. The zero-order valence-electron chi connectivity index (χ0n) is 8.98. The molecule has 17 heavy (non-hydrogen) atoms. The van der Waals surface area contributed by atoms with Gasteiger partial charge in [0.2, 0.25) is 0 Å². The highest BCUT2D eigenvalue weighted by Gasteiger charge is 2.09. The zero-order valence-corrected chi connectivity index (χ0v) is 10.5. The van der Waals surface area contributed by atoms with Crippen molar-refractivity contribution in [2.75, 3.05) is 7.11 Å². The van der Waals surface area contributed by atoms with Gasteiger partial charge in [0.05, 0.1) is 17.8 Å². The van der Waals surface area contributed by atoms with Crippen LogP contribution >= 0.6 is 23.8 Å². The van der Waals surface area contributed by atoms with Crippen LogP contribution in [0.5, 0.6) is 5.75 Å². The molecule has 5 nitrogen and oxygen atoms in total. The van der Waals surface area contributed by atoms with E-state index in [9.17, 15) is 0 Å². The van der Waals surface area contributed by atoms with Crippen LogP contribution < -0.4 is 4.74 Å². The van der Waals surface area contributed by atoms with E-state index < -0.39 is 0 Å². The van der Waals surface area contributed by atoms with Crippen LogP contribution in [0.4, 0.5) is 0 Å². The maximum absolute atomic E-state index is 9.16. The topological polar surface area (TPSA) is 63.1 Å². The van der Waals surface area contributed by atoms with Crippen LogP contribution in [0.1, 0.15) is 5.82 Å². The zero-order chi connectivity index (χ0) is 12.4. The fourth-order valence-electron chi connectivity index (χ4n) is 1.50. The Morgan fingerprint density at radius 3 is 2.94 bits per heavy atom. The Bertz CT molecular complexity index is 593. The number of nitrogens with one attached hydrogen (secondary N) is 1. The second kappa shape index (κ2) is 4.87. The summed E-state index contributed by atoms with van der Waals surface area (Å²) in [6.07, 6.45) is 0. The van der Waals surface area contributed by atoms with Crippen molar-refractivity contribution < 1.29 is 9.84 Å². The Morgan fingerprint density at radius 1 is 1.59 bits per heavy atom. The van der Waals surface area contributed by atoms with E-state index in [0.29, 0.717) is 21.4 Å². The second-order valence-corrected chi connectivity index (χ2v) is 4.05. The molecule has 0 radical (unpaired) electrons. The number of hydrogen-bond donors (Lipinski definition) is 2. The lowest BCUT2D eigenvalue weighted by Gasteiger charge is -2.08. The third kappa shape index (κ3) is 2.19. The van der Waals surface area contributed by atoms with Crippen molar-refractivity contribution in [2.45, 2.75) is 6.61 Å². The van der Waals surface area contributed by atoms with Crippen LogP contribution in [0.2, 0.25) is 5.02 Å². The number of halogens is 1. The Hall–Kier alpha value is -1.37. The number of methoxy groups -OCH3 is 1. The average molecular weight is 272 g/mol. The van der Waals surface area contributed by atoms with Crippen LogP contribution in [-0.2, 0) is 6.61 Å². The van der Waals surface area contributed by atoms with Gasteiger partial charge in [0, 0.05) is 0 Å². The number of rotatable bonds is 3. The number of benzene rings is 1. The number of H-pyrrole nitrogens is 1. The number of nitrogens with zero attached hydrogens (tertiary/aromatic N) is 2. The van der Waals surface area contributed by atoms with Gasteiger partial charge in [-0.25, -0.2) is 0 Å². The molecule has 90 valence electrons. The minimum atomic E-state index is -0.212. The summed E-state index contributed by atoms with van der Waals surface area (Å²) in [5.41, 5.74) is 0.721. The first-order chi connectivity index (χ1) is 8.17. The predicted molar refractivity (Wildman–Crippen MR) is 66.2 cm³/mol. The largest absolute Gasteiger partial charge is 0.495 e. The molecule has 0 amide bonds. The fourth-order valence-corrected chi connectivity index (χ4v) is 2.00. The van der Waals surface area contributed by atoms with Gasteiger partial charge in [-0.05, 0) is 30.4 Å². The summed E-state index contributed by atoms with van der Waals surface area (Å²) >= 11 is 11.1. The van der Waals surface area contributed by atoms with E-state index in [2.05, 4.69) is 10.2 Å². The van der Waals surface area contributed by atoms with Gasteiger partial charge in [-0.2, -0.15) is 5.10 Å². The molecule has 1 aromatic heterocycles. The van der Waals surface area contributed by atoms with E-state index >= 15 is 0 Å². The summed E-state index contributed by atoms with van der Waals surface area (Å²) in [6, 6.07) is 5.22. The molecule has 0 aliphatic rings. The van der Waals surface area contributed by atoms with Gasteiger partial charge in [-0.3, -0.25) is 9.67 Å². The van der Waals surface area contributed by atoms with Crippen molar-refractivity contribution >= 4 is 23.8 Å². The number of aromatic nitrogens is 3. The maximum Gasteiger partial charge on any atom is 0.199 e. The van der Waals surface area contributed by atoms with Crippen LogP contribution in [0.25, 0.3) is 5.69 Å². The first-order valence-corrected chi connectivity index (χ1v) is 5.57. The van der Waals surface area contributed by atoms with Crippen molar-refractivity contribution in [3.8, 4) is 11.4 Å². The van der Waals surface area contributed by atoms with E-state index in [1.54, 1.807) is 29.9 Å². The monoisotopic (exact) mass is 271 g/mol. The lowest BCUT2D eigenvalue weighted by molar-refractivity contribution is 0.269. The Balaban J connectivity index is 2.57. The SMILES string of the molecule is COc1ccc(-n2c(CO)n[nH]c2=S)cc1Cl. The van der Waals surface area contributed by atoms with Crippen LogP contribution in [0, 0.1) is 4.77 Å². The smallest absolute Gasteiger partial charge is 0.199 e. The third-order valence-corrected chi connectivity index (χ3v) is 2.85. The molecule has 0 saturated heterocycles. The molecule has 0 saturated carbocycles. The molecule has 2 rings (SSSR count). The molecular weight excluding hydrogens is 262 g/mol. The summed E-state index contributed by atoms with van der Waals surface area (Å²) in [4.78, 5) is 0. The molecule has 1 aromatic carbocycles. The molecule has 2 aromatic rings. The van der Waals surface area contributed by atoms with Crippen LogP contribution in [0.3, 0.4) is 0 Å². The lowest BCUT2D eigenvalue weighted by Crippen LogP contribution is -2.01. The molecule has 0 atom stereocenters. The molecular formula is C10H10ClN3O2S. The highest BCUT2D eigenvalue weighted by molar-refractivity contribution is 7.71. The molecule has 0 spiro atoms. The van der Waals surface area contributed by atoms with Gasteiger partial charge < -0.3 is 9.84 Å². The molecule has 2 N–H and O–H groups in total.